The van der Waals surface area contributed by atoms with Crippen molar-refractivity contribution in [2.24, 2.45) is 0 Å². The zero-order valence-electron chi connectivity index (χ0n) is 14.9. The maximum atomic E-state index is 12.7. The number of H-pyrrole nitrogens is 1. The highest BCUT2D eigenvalue weighted by Gasteiger charge is 2.29. The number of carbonyl (C=O) groups excluding carboxylic acids is 3. The number of benzene rings is 2. The number of nitrogens with one attached hydrogen (secondary N) is 2. The normalized spacial score (nSPS) is 12.3. The first-order valence-corrected chi connectivity index (χ1v) is 9.53. The first-order chi connectivity index (χ1) is 13.9. The van der Waals surface area contributed by atoms with E-state index in [-0.39, 0.29) is 39.8 Å². The standard InChI is InChI=1S/C20H14N4O4S/c21-15-8-16(25)24-20(23-15)29-9-17(26)22-10-5-6-13-14(7-10)19(28)12-4-2-1-3-11(12)18(13)27/h1-8H,9H2,(H,22,26)(H3,21,23,24,25). The summed E-state index contributed by atoms with van der Waals surface area (Å²) in [6, 6.07) is 12.4. The van der Waals surface area contributed by atoms with E-state index in [0.717, 1.165) is 17.8 Å². The Bertz CT molecular complexity index is 1240. The van der Waals surface area contributed by atoms with Crippen LogP contribution in [-0.4, -0.2) is 33.2 Å². The van der Waals surface area contributed by atoms with Crippen molar-refractivity contribution >= 4 is 40.7 Å². The van der Waals surface area contributed by atoms with Crippen LogP contribution in [-0.2, 0) is 4.79 Å². The Morgan fingerprint density at radius 1 is 0.966 bits per heavy atom. The van der Waals surface area contributed by atoms with Crippen LogP contribution in [0.4, 0.5) is 11.5 Å². The van der Waals surface area contributed by atoms with Gasteiger partial charge in [0.2, 0.25) is 5.91 Å². The second-order valence-corrected chi connectivity index (χ2v) is 7.24. The highest BCUT2D eigenvalue weighted by atomic mass is 32.2. The molecule has 2 aromatic carbocycles. The minimum atomic E-state index is -0.404. The van der Waals surface area contributed by atoms with E-state index in [0.29, 0.717) is 22.4 Å². The number of hydrogen-bond acceptors (Lipinski definition) is 7. The van der Waals surface area contributed by atoms with Crippen LogP contribution < -0.4 is 16.6 Å². The molecule has 0 saturated heterocycles. The smallest absolute Gasteiger partial charge is 0.253 e. The van der Waals surface area contributed by atoms with Crippen LogP contribution in [0.2, 0.25) is 0 Å². The third-order valence-corrected chi connectivity index (χ3v) is 5.16. The number of nitrogen functional groups attached to an aromatic ring is 1. The molecule has 4 N–H and O–H groups in total. The van der Waals surface area contributed by atoms with Crippen molar-refractivity contribution in [3.05, 3.63) is 81.1 Å². The highest BCUT2D eigenvalue weighted by Crippen LogP contribution is 2.29. The Labute approximate surface area is 168 Å². The Kier molecular flexibility index (Phi) is 4.73. The molecular formula is C20H14N4O4S. The molecule has 1 amide bonds. The van der Waals surface area contributed by atoms with Crippen molar-refractivity contribution in [2.45, 2.75) is 5.16 Å². The Balaban J connectivity index is 1.50. The monoisotopic (exact) mass is 406 g/mol. The molecule has 144 valence electrons. The van der Waals surface area contributed by atoms with E-state index < -0.39 is 5.56 Å². The lowest BCUT2D eigenvalue weighted by Gasteiger charge is -2.18. The van der Waals surface area contributed by atoms with Crippen molar-refractivity contribution in [1.82, 2.24) is 9.97 Å². The molecule has 4 rings (SSSR count). The van der Waals surface area contributed by atoms with Crippen molar-refractivity contribution in [3.8, 4) is 0 Å². The molecule has 0 fully saturated rings. The second-order valence-electron chi connectivity index (χ2n) is 6.28. The van der Waals surface area contributed by atoms with E-state index in [4.69, 9.17) is 5.73 Å². The van der Waals surface area contributed by atoms with Crippen LogP contribution >= 0.6 is 11.8 Å². The van der Waals surface area contributed by atoms with E-state index >= 15 is 0 Å². The van der Waals surface area contributed by atoms with Gasteiger partial charge in [0.1, 0.15) is 5.82 Å². The summed E-state index contributed by atoms with van der Waals surface area (Å²) in [5, 5.41) is 2.91. The summed E-state index contributed by atoms with van der Waals surface area (Å²) in [5.41, 5.74) is 6.78. The zero-order chi connectivity index (χ0) is 20.5. The zero-order valence-corrected chi connectivity index (χ0v) is 15.7. The van der Waals surface area contributed by atoms with E-state index in [1.54, 1.807) is 30.3 Å². The molecule has 1 aliphatic rings. The number of aromatic nitrogens is 2. The predicted molar refractivity (Wildman–Crippen MR) is 108 cm³/mol. The van der Waals surface area contributed by atoms with Gasteiger partial charge in [-0.2, -0.15) is 0 Å². The van der Waals surface area contributed by atoms with Crippen LogP contribution in [0, 0.1) is 0 Å². The second kappa shape index (κ2) is 7.36. The summed E-state index contributed by atoms with van der Waals surface area (Å²) in [4.78, 5) is 55.4. The fourth-order valence-corrected chi connectivity index (χ4v) is 3.71. The fraction of sp³-hybridized carbons (Fsp3) is 0.0500. The third kappa shape index (κ3) is 3.67. The maximum absolute atomic E-state index is 12.7. The first-order valence-electron chi connectivity index (χ1n) is 8.54. The molecular weight excluding hydrogens is 392 g/mol. The van der Waals surface area contributed by atoms with Crippen molar-refractivity contribution in [1.29, 1.82) is 0 Å². The predicted octanol–water partition coefficient (Wildman–Crippen LogP) is 1.86. The number of hydrogen-bond donors (Lipinski definition) is 3. The minimum Gasteiger partial charge on any atom is -0.383 e. The van der Waals surface area contributed by atoms with Crippen molar-refractivity contribution < 1.29 is 14.4 Å². The van der Waals surface area contributed by atoms with E-state index in [1.807, 2.05) is 0 Å². The number of ketones is 2. The van der Waals surface area contributed by atoms with Crippen LogP contribution in [0.3, 0.4) is 0 Å². The summed E-state index contributed by atoms with van der Waals surface area (Å²) in [7, 11) is 0. The average Bonchev–Trinajstić information content (AvgIpc) is 2.70. The number of thioether (sulfide) groups is 1. The quantitative estimate of drug-likeness (QED) is 0.348. The number of fused-ring (bicyclic) bond motifs is 2. The summed E-state index contributed by atoms with van der Waals surface area (Å²) in [6.45, 7) is 0. The van der Waals surface area contributed by atoms with Crippen LogP contribution in [0.15, 0.2) is 58.5 Å². The third-order valence-electron chi connectivity index (χ3n) is 4.29. The number of amides is 1. The number of carbonyl (C=O) groups is 3. The molecule has 0 atom stereocenters. The molecule has 1 heterocycles. The Morgan fingerprint density at radius 2 is 1.62 bits per heavy atom. The van der Waals surface area contributed by atoms with Crippen LogP contribution in [0.5, 0.6) is 0 Å². The van der Waals surface area contributed by atoms with Gasteiger partial charge in [0.25, 0.3) is 5.56 Å². The molecule has 0 bridgehead atoms. The molecule has 29 heavy (non-hydrogen) atoms. The largest absolute Gasteiger partial charge is 0.383 e. The first kappa shape index (κ1) is 18.6. The molecule has 8 nitrogen and oxygen atoms in total. The SMILES string of the molecule is Nc1cc(=O)[nH]c(SCC(=O)Nc2ccc3c(c2)C(=O)c2ccccc2C3=O)n1. The fourth-order valence-electron chi connectivity index (χ4n) is 3.03. The van der Waals surface area contributed by atoms with Gasteiger partial charge in [0.15, 0.2) is 16.7 Å². The van der Waals surface area contributed by atoms with Gasteiger partial charge >= 0.3 is 0 Å². The minimum absolute atomic E-state index is 0.0286. The lowest BCUT2D eigenvalue weighted by molar-refractivity contribution is -0.113. The average molecular weight is 406 g/mol. The van der Waals surface area contributed by atoms with E-state index in [1.165, 1.54) is 12.1 Å². The summed E-state index contributed by atoms with van der Waals surface area (Å²) in [5.74, 6) is -0.813. The Hall–Kier alpha value is -3.72. The van der Waals surface area contributed by atoms with Gasteiger partial charge in [-0.25, -0.2) is 4.98 Å². The van der Waals surface area contributed by atoms with Crippen molar-refractivity contribution in [3.63, 3.8) is 0 Å². The van der Waals surface area contributed by atoms with Crippen molar-refractivity contribution in [2.75, 3.05) is 16.8 Å². The van der Waals surface area contributed by atoms with Gasteiger partial charge in [-0.1, -0.05) is 36.0 Å². The lowest BCUT2D eigenvalue weighted by Crippen LogP contribution is -2.21. The van der Waals surface area contributed by atoms with Gasteiger partial charge in [-0.3, -0.25) is 19.2 Å². The molecule has 0 saturated carbocycles. The number of nitrogens with zero attached hydrogens (tertiary/aromatic N) is 1. The van der Waals surface area contributed by atoms with Gasteiger partial charge in [-0.05, 0) is 18.2 Å². The molecule has 9 heteroatoms. The van der Waals surface area contributed by atoms with Crippen LogP contribution in [0.1, 0.15) is 31.8 Å². The number of rotatable bonds is 4. The van der Waals surface area contributed by atoms with Gasteiger partial charge in [0, 0.05) is 34.0 Å². The molecule has 0 radical (unpaired) electrons. The molecule has 1 aromatic heterocycles. The van der Waals surface area contributed by atoms with Crippen LogP contribution in [0.25, 0.3) is 0 Å². The van der Waals surface area contributed by atoms with Gasteiger partial charge in [0.05, 0.1) is 5.75 Å². The van der Waals surface area contributed by atoms with Gasteiger partial charge in [-0.15, -0.1) is 0 Å². The summed E-state index contributed by atoms with van der Waals surface area (Å²) < 4.78 is 0. The van der Waals surface area contributed by atoms with Gasteiger partial charge < -0.3 is 16.0 Å². The summed E-state index contributed by atoms with van der Waals surface area (Å²) >= 11 is 1.02. The molecule has 0 aliphatic heterocycles. The maximum Gasteiger partial charge on any atom is 0.253 e. The molecule has 1 aliphatic carbocycles. The number of nitrogens with two attached hydrogens (primary N) is 1. The van der Waals surface area contributed by atoms with E-state index in [9.17, 15) is 19.2 Å². The number of anilines is 2. The molecule has 0 spiro atoms. The highest BCUT2D eigenvalue weighted by molar-refractivity contribution is 7.99. The Morgan fingerprint density at radius 3 is 2.31 bits per heavy atom. The molecule has 3 aromatic rings. The molecule has 0 unspecified atom stereocenters. The summed E-state index contributed by atoms with van der Waals surface area (Å²) in [6.07, 6.45) is 0. The lowest BCUT2D eigenvalue weighted by atomic mass is 9.84. The topological polar surface area (TPSA) is 135 Å². The van der Waals surface area contributed by atoms with E-state index in [2.05, 4.69) is 15.3 Å². The number of aromatic amines is 1.